The topological polar surface area (TPSA) is 614 Å². The van der Waals surface area contributed by atoms with Gasteiger partial charge in [-0.3, -0.25) is 61.2 Å². The second-order valence-electron chi connectivity index (χ2n) is 33.1. The minimum Gasteiger partial charge on any atom is -0.395 e. The molecule has 4 rings (SSSR count). The molecule has 0 aromatic heterocycles. The SMILES string of the molecule is CC(=O)NC1C(OCCCCCC(=O)NCCCCCC(=O)N(CCO)CCOP(=O)(O)OCCN(CCOP(=O)(O)OCCN(CCOC2CCC(C(C)C)CC2)C(=O)CCCCCNC(=O)CCCCCOC2OC(CO)C(O)C(O)C2NC(C)=O)C(=O)CCCCCNC(=O)CCCCCOC2OC(CO)CC(O)(CO)C2NC(C)=O)OC(CO)C(O)C1O. The van der Waals surface area contributed by atoms with E-state index in [0.717, 1.165) is 25.7 Å². The van der Waals surface area contributed by atoms with Crippen LogP contribution in [0.1, 0.15) is 221 Å². The molecule has 3 saturated heterocycles. The summed E-state index contributed by atoms with van der Waals surface area (Å²) in [6.07, 6.45) is 1.48. The summed E-state index contributed by atoms with van der Waals surface area (Å²) < 4.78 is 88.3. The molecule has 9 amide bonds. The van der Waals surface area contributed by atoms with Crippen LogP contribution in [0.2, 0.25) is 0 Å². The third-order valence-corrected chi connectivity index (χ3v) is 24.6. The van der Waals surface area contributed by atoms with Crippen molar-refractivity contribution in [1.29, 1.82) is 0 Å². The number of carbonyl (C=O) groups excluding carboxylic acids is 9. The molecule has 0 aromatic rings. The molecule has 0 aromatic carbocycles. The molecule has 1 saturated carbocycles. The van der Waals surface area contributed by atoms with Crippen LogP contribution < -0.4 is 31.9 Å². The Bertz CT molecular complexity index is 3250. The maximum absolute atomic E-state index is 13.9. The van der Waals surface area contributed by atoms with Crippen LogP contribution in [0.25, 0.3) is 0 Å². The van der Waals surface area contributed by atoms with Crippen molar-refractivity contribution in [2.75, 3.05) is 145 Å². The van der Waals surface area contributed by atoms with Gasteiger partial charge in [0, 0.05) is 144 Å². The Morgan fingerprint density at radius 3 is 1.09 bits per heavy atom. The first-order valence-corrected chi connectivity index (χ1v) is 48.2. The number of unbranched alkanes of at least 4 members (excludes halogenated alkanes) is 12. The lowest BCUT2D eigenvalue weighted by Crippen LogP contribution is -2.66. The van der Waals surface area contributed by atoms with E-state index in [1.165, 1.54) is 35.5 Å². The standard InChI is InChI=1S/C82H151N9O34P2/c1-57(2)61-30-32-62(33-31-61)115-47-38-90(70(104)28-16-7-19-35-84-67(101)25-13-10-22-45-117-80-73(87-59(4)98)77(109)75(107)65(55-95)125-80)40-49-120-127(113,114)122-51-42-91(71(105)29-17-8-20-36-85-68(102)26-14-11-23-46-118-81-78(88-60(5)99)82(110,56-96)52-63(53-93)123-81)41-50-121-126(111,112)119-48-39-89(37-43-92)69(103)27-15-6-18-34-83-66(100)24-12-9-21-44-116-79-72(86-58(3)97)76(108)74(106)64(54-94)124-79/h57,61-65,72-81,92-96,106-110H,6-56H2,1-5H3,(H,83,100)(H,84,101)(H,85,102)(H,86,97)(H,87,98)(H,88,99)(H,111,112)(H,113,114). The molecule has 18 N–H and O–H groups in total. The Morgan fingerprint density at radius 2 is 0.756 bits per heavy atom. The number of hydrogen-bond acceptors (Lipinski definition) is 32. The number of phosphoric acid groups is 2. The zero-order valence-electron chi connectivity index (χ0n) is 74.9. The van der Waals surface area contributed by atoms with Gasteiger partial charge in [0.15, 0.2) is 18.9 Å². The maximum atomic E-state index is 13.9. The van der Waals surface area contributed by atoms with Gasteiger partial charge in [-0.1, -0.05) is 52.4 Å². The molecule has 0 spiro atoms. The minimum absolute atomic E-state index is 0.0117. The quantitative estimate of drug-likeness (QED) is 0.0280. The summed E-state index contributed by atoms with van der Waals surface area (Å²) in [6, 6.07) is -3.23. The number of aliphatic hydroxyl groups is 10. The molecule has 738 valence electrons. The third kappa shape index (κ3) is 46.3. The van der Waals surface area contributed by atoms with Crippen molar-refractivity contribution >= 4 is 68.8 Å². The van der Waals surface area contributed by atoms with Crippen LogP contribution in [-0.4, -0.2) is 365 Å². The molecular weight excluding hydrogens is 1720 g/mol. The van der Waals surface area contributed by atoms with Gasteiger partial charge in [-0.2, -0.15) is 0 Å². The third-order valence-electron chi connectivity index (χ3n) is 22.5. The van der Waals surface area contributed by atoms with Gasteiger partial charge in [0.25, 0.3) is 0 Å². The molecule has 16 unspecified atom stereocenters. The number of aliphatic hydroxyl groups excluding tert-OH is 9. The van der Waals surface area contributed by atoms with Gasteiger partial charge in [0.05, 0.1) is 78.3 Å². The highest BCUT2D eigenvalue weighted by Crippen LogP contribution is 2.44. The molecule has 43 nitrogen and oxygen atoms in total. The van der Waals surface area contributed by atoms with E-state index in [-0.39, 0.29) is 153 Å². The van der Waals surface area contributed by atoms with E-state index in [1.54, 1.807) is 0 Å². The van der Waals surface area contributed by atoms with Crippen molar-refractivity contribution in [2.24, 2.45) is 11.8 Å². The Kier molecular flexibility index (Phi) is 57.3. The number of nitrogens with one attached hydrogen (secondary N) is 6. The molecule has 127 heavy (non-hydrogen) atoms. The first-order chi connectivity index (χ1) is 60.6. The number of carbonyl (C=O) groups is 9. The molecular formula is C82H151N9O34P2. The zero-order chi connectivity index (χ0) is 93.7. The number of phosphoric ester groups is 2. The summed E-state index contributed by atoms with van der Waals surface area (Å²) in [4.78, 5) is 140. The Labute approximate surface area is 745 Å². The molecule has 4 fully saturated rings. The van der Waals surface area contributed by atoms with Crippen molar-refractivity contribution in [2.45, 2.75) is 312 Å². The summed E-state index contributed by atoms with van der Waals surface area (Å²) in [5, 5.41) is 117. The van der Waals surface area contributed by atoms with Gasteiger partial charge in [-0.15, -0.1) is 0 Å². The molecule has 1 aliphatic carbocycles. The molecule has 0 bridgehead atoms. The smallest absolute Gasteiger partial charge is 0.395 e. The maximum Gasteiger partial charge on any atom is 0.472 e. The summed E-state index contributed by atoms with van der Waals surface area (Å²) in [5.41, 5.74) is -1.80. The molecule has 3 heterocycles. The number of rotatable bonds is 69. The number of nitrogens with zero attached hydrogens (tertiary/aromatic N) is 3. The minimum atomic E-state index is -4.87. The number of amides is 9. The molecule has 45 heteroatoms. The van der Waals surface area contributed by atoms with Crippen molar-refractivity contribution < 1.29 is 164 Å². The Morgan fingerprint density at radius 1 is 0.409 bits per heavy atom. The fourth-order valence-electron chi connectivity index (χ4n) is 15.2. The highest BCUT2D eigenvalue weighted by atomic mass is 31.2. The van der Waals surface area contributed by atoms with Crippen LogP contribution in [0.3, 0.4) is 0 Å². The largest absolute Gasteiger partial charge is 0.472 e. The lowest BCUT2D eigenvalue weighted by molar-refractivity contribution is -0.270. The van der Waals surface area contributed by atoms with Gasteiger partial charge in [-0.05, 0) is 115 Å². The highest BCUT2D eigenvalue weighted by Gasteiger charge is 2.51. The van der Waals surface area contributed by atoms with E-state index in [9.17, 15) is 113 Å². The summed E-state index contributed by atoms with van der Waals surface area (Å²) in [5.74, 6) is -1.98. The van der Waals surface area contributed by atoms with Crippen LogP contribution in [0.5, 0.6) is 0 Å². The average molecular weight is 1870 g/mol. The van der Waals surface area contributed by atoms with E-state index >= 15 is 0 Å². The zero-order valence-corrected chi connectivity index (χ0v) is 76.7. The fraction of sp³-hybridized carbons (Fsp3) is 0.890. The van der Waals surface area contributed by atoms with Crippen molar-refractivity contribution in [1.82, 2.24) is 46.6 Å². The lowest BCUT2D eigenvalue weighted by Gasteiger charge is -2.46. The molecule has 4 aliphatic rings. The van der Waals surface area contributed by atoms with E-state index in [0.29, 0.717) is 141 Å². The van der Waals surface area contributed by atoms with Crippen LogP contribution in [-0.2, 0) is 104 Å². The average Bonchev–Trinajstić information content (AvgIpc) is 0.754. The molecule has 3 aliphatic heterocycles. The normalized spacial score (nSPS) is 25.3. The van der Waals surface area contributed by atoms with Gasteiger partial charge < -0.3 is 141 Å². The predicted molar refractivity (Wildman–Crippen MR) is 455 cm³/mol. The van der Waals surface area contributed by atoms with Crippen molar-refractivity contribution in [3.05, 3.63) is 0 Å². The van der Waals surface area contributed by atoms with Crippen molar-refractivity contribution in [3.63, 3.8) is 0 Å². The lowest BCUT2D eigenvalue weighted by atomic mass is 9.80. The van der Waals surface area contributed by atoms with Gasteiger partial charge in [0.1, 0.15) is 60.4 Å². The first kappa shape index (κ1) is 114. The van der Waals surface area contributed by atoms with Gasteiger partial charge in [-0.25, -0.2) is 9.13 Å². The highest BCUT2D eigenvalue weighted by molar-refractivity contribution is 7.47. The van der Waals surface area contributed by atoms with Crippen LogP contribution in [0.15, 0.2) is 0 Å². The second kappa shape index (κ2) is 63.8. The summed E-state index contributed by atoms with van der Waals surface area (Å²) >= 11 is 0. The van der Waals surface area contributed by atoms with Crippen LogP contribution in [0.4, 0.5) is 0 Å². The van der Waals surface area contributed by atoms with Gasteiger partial charge in [0.2, 0.25) is 53.2 Å². The van der Waals surface area contributed by atoms with E-state index < -0.39 is 184 Å². The fourth-order valence-corrected chi connectivity index (χ4v) is 16.6. The predicted octanol–water partition coefficient (Wildman–Crippen LogP) is -0.0533. The Balaban J connectivity index is 1.25. The Hall–Kier alpha value is -5.23. The summed E-state index contributed by atoms with van der Waals surface area (Å²) in [7, 11) is -9.74. The van der Waals surface area contributed by atoms with Crippen molar-refractivity contribution in [3.8, 4) is 0 Å². The molecule has 16 atom stereocenters. The summed E-state index contributed by atoms with van der Waals surface area (Å²) in [6.45, 7) is 4.00. The van der Waals surface area contributed by atoms with Gasteiger partial charge >= 0.3 is 15.6 Å². The molecule has 0 radical (unpaired) electrons. The van der Waals surface area contributed by atoms with E-state index in [1.807, 2.05) is 0 Å². The second-order valence-corrected chi connectivity index (χ2v) is 36.0. The number of ether oxygens (including phenoxy) is 7. The van der Waals surface area contributed by atoms with E-state index in [4.69, 9.17) is 51.3 Å². The number of hydrogen-bond donors (Lipinski definition) is 18. The van der Waals surface area contributed by atoms with Crippen LogP contribution in [0, 0.1) is 11.8 Å². The monoisotopic (exact) mass is 1870 g/mol. The van der Waals surface area contributed by atoms with E-state index in [2.05, 4.69) is 45.7 Å². The van der Waals surface area contributed by atoms with Crippen LogP contribution >= 0.6 is 15.6 Å². The first-order valence-electron chi connectivity index (χ1n) is 45.2.